The number of nitrogens with zero attached hydrogens (tertiary/aromatic N) is 5. The van der Waals surface area contributed by atoms with E-state index in [1.165, 1.54) is 5.56 Å². The number of aryl methyl sites for hydroxylation is 3. The van der Waals surface area contributed by atoms with Gasteiger partial charge in [0.1, 0.15) is 5.56 Å². The van der Waals surface area contributed by atoms with Crippen LogP contribution in [0.2, 0.25) is 0 Å². The quantitative estimate of drug-likeness (QED) is 0.606. The minimum absolute atomic E-state index is 0.252. The van der Waals surface area contributed by atoms with Crippen LogP contribution in [0.4, 0.5) is 5.69 Å². The van der Waals surface area contributed by atoms with E-state index in [1.807, 2.05) is 32.2 Å². The number of benzene rings is 1. The minimum atomic E-state index is -0.252. The molecule has 0 fully saturated rings. The Balaban J connectivity index is 1.53. The fourth-order valence-electron chi connectivity index (χ4n) is 3.14. The molecule has 0 aliphatic heterocycles. The zero-order valence-electron chi connectivity index (χ0n) is 15.5. The summed E-state index contributed by atoms with van der Waals surface area (Å²) in [6.45, 7) is 6.54. The predicted molar refractivity (Wildman–Crippen MR) is 103 cm³/mol. The number of hydrogen-bond acceptors (Lipinski definition) is 4. The van der Waals surface area contributed by atoms with Gasteiger partial charge in [0.25, 0.3) is 5.91 Å². The van der Waals surface area contributed by atoms with Crippen LogP contribution >= 0.6 is 0 Å². The van der Waals surface area contributed by atoms with Crippen molar-refractivity contribution in [2.75, 3.05) is 5.32 Å². The van der Waals surface area contributed by atoms with E-state index in [0.29, 0.717) is 23.4 Å². The number of carbonyl (C=O) groups excluding carboxylic acids is 1. The number of anilines is 1. The lowest BCUT2D eigenvalue weighted by Crippen LogP contribution is -2.12. The van der Waals surface area contributed by atoms with Gasteiger partial charge in [-0.25, -0.2) is 9.50 Å². The SMILES string of the molecule is Cc1cccc(Cn2cc(NC(=O)c3cnn4c(C)cc(C)nc34)cn2)c1. The molecule has 3 heterocycles. The number of amides is 1. The largest absolute Gasteiger partial charge is 0.319 e. The van der Waals surface area contributed by atoms with Crippen molar-refractivity contribution in [2.45, 2.75) is 27.3 Å². The maximum absolute atomic E-state index is 12.7. The Morgan fingerprint density at radius 1 is 1.11 bits per heavy atom. The van der Waals surface area contributed by atoms with Crippen molar-refractivity contribution in [2.24, 2.45) is 0 Å². The van der Waals surface area contributed by atoms with Gasteiger partial charge in [0.05, 0.1) is 24.6 Å². The lowest BCUT2D eigenvalue weighted by molar-refractivity contribution is 0.102. The van der Waals surface area contributed by atoms with E-state index < -0.39 is 0 Å². The highest BCUT2D eigenvalue weighted by molar-refractivity contribution is 6.08. The Bertz CT molecular complexity index is 1140. The number of rotatable bonds is 4. The molecule has 4 rings (SSSR count). The summed E-state index contributed by atoms with van der Waals surface area (Å²) in [6, 6.07) is 10.2. The van der Waals surface area contributed by atoms with Gasteiger partial charge in [-0.2, -0.15) is 10.2 Å². The van der Waals surface area contributed by atoms with E-state index in [4.69, 9.17) is 0 Å². The van der Waals surface area contributed by atoms with E-state index in [2.05, 4.69) is 45.6 Å². The van der Waals surface area contributed by atoms with Gasteiger partial charge in [-0.3, -0.25) is 9.48 Å². The Hall–Kier alpha value is -3.48. The van der Waals surface area contributed by atoms with Crippen molar-refractivity contribution in [3.63, 3.8) is 0 Å². The Morgan fingerprint density at radius 3 is 2.78 bits per heavy atom. The third-order valence-corrected chi connectivity index (χ3v) is 4.34. The zero-order chi connectivity index (χ0) is 19.0. The highest BCUT2D eigenvalue weighted by Crippen LogP contribution is 2.15. The molecule has 1 N–H and O–H groups in total. The Morgan fingerprint density at radius 2 is 1.96 bits per heavy atom. The van der Waals surface area contributed by atoms with Crippen LogP contribution in [0.5, 0.6) is 0 Å². The molecule has 0 aliphatic carbocycles. The Labute approximate surface area is 156 Å². The molecular weight excluding hydrogens is 340 g/mol. The second kappa shape index (κ2) is 6.68. The molecular formula is C20H20N6O. The highest BCUT2D eigenvalue weighted by atomic mass is 16.1. The fourth-order valence-corrected chi connectivity index (χ4v) is 3.14. The maximum atomic E-state index is 12.7. The van der Waals surface area contributed by atoms with Crippen LogP contribution in [0.1, 0.15) is 32.9 Å². The summed E-state index contributed by atoms with van der Waals surface area (Å²) >= 11 is 0. The summed E-state index contributed by atoms with van der Waals surface area (Å²) in [7, 11) is 0. The number of fused-ring (bicyclic) bond motifs is 1. The third kappa shape index (κ3) is 3.44. The molecule has 136 valence electrons. The lowest BCUT2D eigenvalue weighted by atomic mass is 10.1. The summed E-state index contributed by atoms with van der Waals surface area (Å²) in [5.41, 5.74) is 5.78. The monoisotopic (exact) mass is 360 g/mol. The molecule has 1 aromatic carbocycles. The summed E-state index contributed by atoms with van der Waals surface area (Å²) in [6.07, 6.45) is 5.00. The number of aromatic nitrogens is 5. The molecule has 0 atom stereocenters. The molecule has 0 unspecified atom stereocenters. The minimum Gasteiger partial charge on any atom is -0.319 e. The second-order valence-electron chi connectivity index (χ2n) is 6.70. The summed E-state index contributed by atoms with van der Waals surface area (Å²) in [5, 5.41) is 11.5. The predicted octanol–water partition coefficient (Wildman–Crippen LogP) is 3.15. The first-order chi connectivity index (χ1) is 13.0. The number of carbonyl (C=O) groups is 1. The van der Waals surface area contributed by atoms with E-state index in [9.17, 15) is 4.79 Å². The summed E-state index contributed by atoms with van der Waals surface area (Å²) < 4.78 is 3.47. The fraction of sp³-hybridized carbons (Fsp3) is 0.200. The van der Waals surface area contributed by atoms with E-state index in [0.717, 1.165) is 17.0 Å². The number of nitrogens with one attached hydrogen (secondary N) is 1. The van der Waals surface area contributed by atoms with Gasteiger partial charge in [0, 0.05) is 17.6 Å². The smallest absolute Gasteiger partial charge is 0.261 e. The first kappa shape index (κ1) is 17.0. The molecule has 7 heteroatoms. The van der Waals surface area contributed by atoms with Crippen LogP contribution in [-0.4, -0.2) is 30.3 Å². The lowest BCUT2D eigenvalue weighted by Gasteiger charge is -2.04. The average Bonchev–Trinajstić information content (AvgIpc) is 3.22. The number of hydrogen-bond donors (Lipinski definition) is 1. The molecule has 0 aliphatic rings. The van der Waals surface area contributed by atoms with Crippen molar-refractivity contribution in [3.05, 3.63) is 77.0 Å². The van der Waals surface area contributed by atoms with Gasteiger partial charge < -0.3 is 5.32 Å². The van der Waals surface area contributed by atoms with Gasteiger partial charge in [0.15, 0.2) is 5.65 Å². The van der Waals surface area contributed by atoms with Gasteiger partial charge in [-0.05, 0) is 32.4 Å². The van der Waals surface area contributed by atoms with Crippen LogP contribution < -0.4 is 5.32 Å². The second-order valence-corrected chi connectivity index (χ2v) is 6.70. The third-order valence-electron chi connectivity index (χ3n) is 4.34. The Kier molecular flexibility index (Phi) is 4.19. The molecule has 3 aromatic heterocycles. The molecule has 1 amide bonds. The molecule has 0 radical (unpaired) electrons. The van der Waals surface area contributed by atoms with Gasteiger partial charge >= 0.3 is 0 Å². The molecule has 7 nitrogen and oxygen atoms in total. The highest BCUT2D eigenvalue weighted by Gasteiger charge is 2.16. The van der Waals surface area contributed by atoms with E-state index in [-0.39, 0.29) is 5.91 Å². The van der Waals surface area contributed by atoms with Crippen LogP contribution in [-0.2, 0) is 6.54 Å². The van der Waals surface area contributed by atoms with Crippen LogP contribution in [0, 0.1) is 20.8 Å². The molecule has 0 saturated carbocycles. The van der Waals surface area contributed by atoms with Crippen molar-refractivity contribution >= 4 is 17.2 Å². The molecule has 27 heavy (non-hydrogen) atoms. The molecule has 0 bridgehead atoms. The van der Waals surface area contributed by atoms with Crippen LogP contribution in [0.15, 0.2) is 48.9 Å². The van der Waals surface area contributed by atoms with E-state index >= 15 is 0 Å². The molecule has 0 spiro atoms. The van der Waals surface area contributed by atoms with Crippen molar-refractivity contribution in [1.82, 2.24) is 24.4 Å². The maximum Gasteiger partial charge on any atom is 0.261 e. The van der Waals surface area contributed by atoms with E-state index in [1.54, 1.807) is 21.6 Å². The standard InChI is InChI=1S/C20H20N6O/c1-13-5-4-6-16(7-13)11-25-12-17(9-21-25)24-20(27)18-10-22-26-15(3)8-14(2)23-19(18)26/h4-10,12H,11H2,1-3H3,(H,24,27). The van der Waals surface area contributed by atoms with Crippen molar-refractivity contribution in [3.8, 4) is 0 Å². The van der Waals surface area contributed by atoms with Gasteiger partial charge in [0.2, 0.25) is 0 Å². The summed E-state index contributed by atoms with van der Waals surface area (Å²) in [5.74, 6) is -0.252. The van der Waals surface area contributed by atoms with Crippen molar-refractivity contribution < 1.29 is 4.79 Å². The van der Waals surface area contributed by atoms with Crippen molar-refractivity contribution in [1.29, 1.82) is 0 Å². The zero-order valence-corrected chi connectivity index (χ0v) is 15.5. The van der Waals surface area contributed by atoms with Gasteiger partial charge in [-0.15, -0.1) is 0 Å². The topological polar surface area (TPSA) is 77.1 Å². The first-order valence-electron chi connectivity index (χ1n) is 8.71. The molecule has 4 aromatic rings. The average molecular weight is 360 g/mol. The van der Waals surface area contributed by atoms with Crippen LogP contribution in [0.3, 0.4) is 0 Å². The first-order valence-corrected chi connectivity index (χ1v) is 8.71. The van der Waals surface area contributed by atoms with Gasteiger partial charge in [-0.1, -0.05) is 29.8 Å². The normalized spacial score (nSPS) is 11.1. The summed E-state index contributed by atoms with van der Waals surface area (Å²) in [4.78, 5) is 17.1. The molecule has 0 saturated heterocycles. The van der Waals surface area contributed by atoms with Crippen LogP contribution in [0.25, 0.3) is 5.65 Å².